The number of carbonyl (C=O) groups is 2. The molecule has 1 aromatic carbocycles. The number of amides is 2. The molecule has 5 nitrogen and oxygen atoms in total. The number of quaternary nitrogens is 1. The number of likely N-dealkylation sites (N-methyl/N-ethyl adjacent to an activating group) is 1. The summed E-state index contributed by atoms with van der Waals surface area (Å²) in [7, 11) is 1.55. The number of hydrogen-bond donors (Lipinski definition) is 3. The highest BCUT2D eigenvalue weighted by atomic mass is 19.2. The van der Waals surface area contributed by atoms with Crippen LogP contribution >= 0.6 is 0 Å². The second-order valence-electron chi connectivity index (χ2n) is 4.42. The summed E-state index contributed by atoms with van der Waals surface area (Å²) < 4.78 is 39.0. The number of nitrogens with two attached hydrogens (primary N) is 1. The highest BCUT2D eigenvalue weighted by Gasteiger charge is 2.22. The van der Waals surface area contributed by atoms with E-state index in [9.17, 15) is 22.8 Å². The van der Waals surface area contributed by atoms with Gasteiger partial charge in [0.2, 0.25) is 0 Å². The largest absolute Gasteiger partial charge is 0.365 e. The van der Waals surface area contributed by atoms with Gasteiger partial charge in [0.1, 0.15) is 0 Å². The number of benzene rings is 1. The van der Waals surface area contributed by atoms with E-state index in [1.165, 1.54) is 6.92 Å². The molecule has 0 aliphatic rings. The highest BCUT2D eigenvalue weighted by Crippen LogP contribution is 2.19. The summed E-state index contributed by atoms with van der Waals surface area (Å²) >= 11 is 0. The van der Waals surface area contributed by atoms with E-state index in [0.717, 1.165) is 6.07 Å². The first-order valence-corrected chi connectivity index (χ1v) is 5.79. The minimum atomic E-state index is -1.66. The van der Waals surface area contributed by atoms with E-state index in [2.05, 4.69) is 5.32 Å². The lowest BCUT2D eigenvalue weighted by molar-refractivity contribution is -0.885. The Morgan fingerprint density at radius 2 is 1.90 bits per heavy atom. The van der Waals surface area contributed by atoms with Gasteiger partial charge in [0.05, 0.1) is 12.7 Å². The predicted molar refractivity (Wildman–Crippen MR) is 65.4 cm³/mol. The van der Waals surface area contributed by atoms with Crippen LogP contribution in [0.2, 0.25) is 0 Å². The number of carbonyl (C=O) groups excluding carboxylic acids is 2. The molecule has 0 bridgehead atoms. The van der Waals surface area contributed by atoms with E-state index in [4.69, 9.17) is 5.73 Å². The molecule has 0 aliphatic carbocycles. The maximum atomic E-state index is 13.3. The molecular weight excluding hydrogens is 275 g/mol. The lowest BCUT2D eigenvalue weighted by Gasteiger charge is -2.18. The Kier molecular flexibility index (Phi) is 5.09. The summed E-state index contributed by atoms with van der Waals surface area (Å²) in [6, 6.07) is 1.00. The van der Waals surface area contributed by atoms with Gasteiger partial charge in [0.25, 0.3) is 11.8 Å². The molecule has 110 valence electrons. The first-order valence-electron chi connectivity index (χ1n) is 5.79. The average Bonchev–Trinajstić information content (AvgIpc) is 2.38. The SMILES string of the molecule is C[C@@H](C(N)=O)[NH+](C)CC(=O)Nc1ccc(F)c(F)c1F. The number of nitrogens with one attached hydrogen (secondary N) is 2. The van der Waals surface area contributed by atoms with Crippen LogP contribution < -0.4 is 16.0 Å². The van der Waals surface area contributed by atoms with Crippen molar-refractivity contribution in [3.63, 3.8) is 0 Å². The quantitative estimate of drug-likeness (QED) is 0.635. The van der Waals surface area contributed by atoms with Gasteiger partial charge in [-0.25, -0.2) is 13.2 Å². The van der Waals surface area contributed by atoms with Crippen LogP contribution in [0.3, 0.4) is 0 Å². The van der Waals surface area contributed by atoms with E-state index in [1.54, 1.807) is 7.05 Å². The third-order valence-corrected chi connectivity index (χ3v) is 2.91. The topological polar surface area (TPSA) is 76.6 Å². The molecule has 8 heteroatoms. The van der Waals surface area contributed by atoms with Crippen molar-refractivity contribution in [2.45, 2.75) is 13.0 Å². The van der Waals surface area contributed by atoms with Gasteiger partial charge in [0.15, 0.2) is 30.0 Å². The number of anilines is 1. The van der Waals surface area contributed by atoms with Crippen LogP contribution in [0.1, 0.15) is 6.92 Å². The van der Waals surface area contributed by atoms with Gasteiger partial charge in [-0.1, -0.05) is 0 Å². The minimum absolute atomic E-state index is 0.178. The van der Waals surface area contributed by atoms with E-state index in [1.807, 2.05) is 0 Å². The van der Waals surface area contributed by atoms with Crippen LogP contribution in [0, 0.1) is 17.5 Å². The van der Waals surface area contributed by atoms with Crippen molar-refractivity contribution in [2.75, 3.05) is 18.9 Å². The molecule has 0 fully saturated rings. The fourth-order valence-corrected chi connectivity index (χ4v) is 1.47. The molecule has 0 radical (unpaired) electrons. The molecule has 0 saturated heterocycles. The molecular formula is C12H15F3N3O2+. The average molecular weight is 290 g/mol. The molecule has 2 atom stereocenters. The summed E-state index contributed by atoms with van der Waals surface area (Å²) in [5, 5.41) is 2.11. The summed E-state index contributed by atoms with van der Waals surface area (Å²) in [5.74, 6) is -5.71. The molecule has 0 aliphatic heterocycles. The molecule has 0 saturated carbocycles. The first-order chi connectivity index (χ1) is 9.23. The summed E-state index contributed by atoms with van der Waals surface area (Å²) in [6.45, 7) is 1.35. The van der Waals surface area contributed by atoms with Crippen LogP contribution in [0.5, 0.6) is 0 Å². The Bertz CT molecular complexity index is 537. The zero-order chi connectivity index (χ0) is 15.4. The maximum absolute atomic E-state index is 13.3. The van der Waals surface area contributed by atoms with Crippen molar-refractivity contribution >= 4 is 17.5 Å². The van der Waals surface area contributed by atoms with Gasteiger partial charge in [-0.15, -0.1) is 0 Å². The third-order valence-electron chi connectivity index (χ3n) is 2.91. The van der Waals surface area contributed by atoms with E-state index in [-0.39, 0.29) is 6.54 Å². The van der Waals surface area contributed by atoms with Crippen molar-refractivity contribution < 1.29 is 27.7 Å². The Labute approximate surface area is 113 Å². The molecule has 2 amide bonds. The maximum Gasteiger partial charge on any atom is 0.279 e. The lowest BCUT2D eigenvalue weighted by atomic mass is 10.2. The van der Waals surface area contributed by atoms with Crippen LogP contribution in [0.25, 0.3) is 0 Å². The van der Waals surface area contributed by atoms with Gasteiger partial charge in [-0.3, -0.25) is 9.59 Å². The van der Waals surface area contributed by atoms with Crippen molar-refractivity contribution in [3.05, 3.63) is 29.6 Å². The second-order valence-corrected chi connectivity index (χ2v) is 4.42. The van der Waals surface area contributed by atoms with Crippen LogP contribution in [0.15, 0.2) is 12.1 Å². The Morgan fingerprint density at radius 1 is 1.30 bits per heavy atom. The van der Waals surface area contributed by atoms with Crippen molar-refractivity contribution in [1.29, 1.82) is 0 Å². The molecule has 0 aromatic heterocycles. The van der Waals surface area contributed by atoms with E-state index in [0.29, 0.717) is 11.0 Å². The molecule has 0 spiro atoms. The number of hydrogen-bond acceptors (Lipinski definition) is 2. The van der Waals surface area contributed by atoms with E-state index >= 15 is 0 Å². The summed E-state index contributed by atoms with van der Waals surface area (Å²) in [4.78, 5) is 23.1. The Morgan fingerprint density at radius 3 is 2.45 bits per heavy atom. The molecule has 1 unspecified atom stereocenters. The van der Waals surface area contributed by atoms with Crippen molar-refractivity contribution in [1.82, 2.24) is 0 Å². The number of halogens is 3. The fourth-order valence-electron chi connectivity index (χ4n) is 1.47. The summed E-state index contributed by atoms with van der Waals surface area (Å²) in [5.41, 5.74) is 4.62. The highest BCUT2D eigenvalue weighted by molar-refractivity contribution is 5.91. The number of rotatable bonds is 5. The van der Waals surface area contributed by atoms with E-state index < -0.39 is 41.0 Å². The van der Waals surface area contributed by atoms with Crippen molar-refractivity contribution in [3.8, 4) is 0 Å². The van der Waals surface area contributed by atoms with Gasteiger partial charge in [-0.05, 0) is 19.1 Å². The zero-order valence-electron chi connectivity index (χ0n) is 11.0. The smallest absolute Gasteiger partial charge is 0.279 e. The molecule has 20 heavy (non-hydrogen) atoms. The van der Waals surface area contributed by atoms with Crippen molar-refractivity contribution in [2.24, 2.45) is 5.73 Å². The minimum Gasteiger partial charge on any atom is -0.365 e. The molecule has 1 rings (SSSR count). The van der Waals surface area contributed by atoms with Gasteiger partial charge >= 0.3 is 0 Å². The fraction of sp³-hybridized carbons (Fsp3) is 0.333. The first kappa shape index (κ1) is 16.0. The molecule has 1 aromatic rings. The predicted octanol–water partition coefficient (Wildman–Crippen LogP) is -0.569. The number of primary amides is 1. The lowest BCUT2D eigenvalue weighted by Crippen LogP contribution is -3.15. The zero-order valence-corrected chi connectivity index (χ0v) is 11.0. The molecule has 0 heterocycles. The third kappa shape index (κ3) is 3.70. The van der Waals surface area contributed by atoms with Gasteiger partial charge in [-0.2, -0.15) is 0 Å². The van der Waals surface area contributed by atoms with Crippen LogP contribution in [-0.4, -0.2) is 31.4 Å². The standard InChI is InChI=1S/C12H14F3N3O2/c1-6(12(16)20)18(2)5-9(19)17-8-4-3-7(13)10(14)11(8)15/h3-4,6H,5H2,1-2H3,(H2,16,20)(H,17,19)/p+1/t6-/m0/s1. The van der Waals surface area contributed by atoms with Crippen LogP contribution in [0.4, 0.5) is 18.9 Å². The Hall–Kier alpha value is -2.09. The monoisotopic (exact) mass is 290 g/mol. The molecule has 4 N–H and O–H groups in total. The normalized spacial score (nSPS) is 13.7. The summed E-state index contributed by atoms with van der Waals surface area (Å²) in [6.07, 6.45) is 0. The second kappa shape index (κ2) is 6.38. The van der Waals surface area contributed by atoms with Gasteiger partial charge in [0, 0.05) is 0 Å². The van der Waals surface area contributed by atoms with Crippen LogP contribution in [-0.2, 0) is 9.59 Å². The van der Waals surface area contributed by atoms with Gasteiger partial charge < -0.3 is 16.0 Å². The Balaban J connectivity index is 2.73.